The molecule has 0 aromatic carbocycles. The zero-order valence-electron chi connectivity index (χ0n) is 7.31. The van der Waals surface area contributed by atoms with E-state index in [0.717, 1.165) is 0 Å². The van der Waals surface area contributed by atoms with Crippen molar-refractivity contribution in [1.29, 1.82) is 0 Å². The van der Waals surface area contributed by atoms with Crippen molar-refractivity contribution in [1.82, 2.24) is 0 Å². The molecule has 0 fully saturated rings. The van der Waals surface area contributed by atoms with E-state index in [-0.39, 0.29) is 0 Å². The van der Waals surface area contributed by atoms with Gasteiger partial charge in [0, 0.05) is 6.42 Å². The Labute approximate surface area is 84.4 Å². The van der Waals surface area contributed by atoms with Crippen LogP contribution in [-0.4, -0.2) is 34.0 Å². The number of hydrogen-bond acceptors (Lipinski definition) is 1. The lowest BCUT2D eigenvalue weighted by Gasteiger charge is -2.29. The van der Waals surface area contributed by atoms with Gasteiger partial charge in [0.2, 0.25) is 0 Å². The van der Waals surface area contributed by atoms with Gasteiger partial charge in [0.05, 0.1) is 6.16 Å². The van der Waals surface area contributed by atoms with Crippen LogP contribution in [0.25, 0.3) is 0 Å². The highest BCUT2D eigenvalue weighted by Gasteiger charge is 2.72. The molecule has 0 aromatic heterocycles. The lowest BCUT2D eigenvalue weighted by atomic mass is 10.0. The number of alkyl halides is 7. The summed E-state index contributed by atoms with van der Waals surface area (Å²) in [7, 11) is -5.14. The summed E-state index contributed by atoms with van der Waals surface area (Å²) in [4.78, 5) is 16.2. The van der Waals surface area contributed by atoms with Gasteiger partial charge in [-0.1, -0.05) is 0 Å². The zero-order valence-corrected chi connectivity index (χ0v) is 8.20. The predicted octanol–water partition coefficient (Wildman–Crippen LogP) is 2.39. The van der Waals surface area contributed by atoms with Crippen LogP contribution in [-0.2, 0) is 4.57 Å². The molecule has 0 aliphatic rings. The van der Waals surface area contributed by atoms with Gasteiger partial charge in [-0.2, -0.15) is 26.3 Å². The van der Waals surface area contributed by atoms with Gasteiger partial charge in [-0.25, -0.2) is 4.39 Å². The molecule has 0 heterocycles. The second-order valence-electron chi connectivity index (χ2n) is 2.93. The first-order valence-electron chi connectivity index (χ1n) is 3.58. The third-order valence-corrected chi connectivity index (χ3v) is 2.45. The summed E-state index contributed by atoms with van der Waals surface area (Å²) < 4.78 is 93.8. The number of hydrogen-bond donors (Lipinski definition) is 2. The molecule has 0 radical (unpaired) electrons. The maximum absolute atomic E-state index is 12.7. The van der Waals surface area contributed by atoms with Gasteiger partial charge in [0.25, 0.3) is 5.67 Å². The Balaban J connectivity index is 5.07. The standard InChI is InChI=1S/C5H6F7O3P/c6-3(4(7,8)9,5(10,11)12)1-2-16(13,14)15/h1-2H2,(H2,13,14,15). The summed E-state index contributed by atoms with van der Waals surface area (Å²) in [5.41, 5.74) is -5.61. The van der Waals surface area contributed by atoms with Crippen LogP contribution in [0, 0.1) is 0 Å². The first-order chi connectivity index (χ1) is 6.71. The molecule has 16 heavy (non-hydrogen) atoms. The molecule has 0 atom stereocenters. The van der Waals surface area contributed by atoms with E-state index in [9.17, 15) is 35.3 Å². The average Bonchev–Trinajstić information content (AvgIpc) is 1.93. The van der Waals surface area contributed by atoms with Crippen LogP contribution < -0.4 is 0 Å². The summed E-state index contributed by atoms with van der Waals surface area (Å²) in [5.74, 6) is 0. The summed E-state index contributed by atoms with van der Waals surface area (Å²) in [6.07, 6.45) is -16.8. The van der Waals surface area contributed by atoms with Crippen molar-refractivity contribution in [3.8, 4) is 0 Å². The summed E-state index contributed by atoms with van der Waals surface area (Å²) >= 11 is 0. The first-order valence-corrected chi connectivity index (χ1v) is 5.37. The van der Waals surface area contributed by atoms with E-state index in [2.05, 4.69) is 0 Å². The fraction of sp³-hybridized carbons (Fsp3) is 1.00. The molecule has 0 bridgehead atoms. The average molecular weight is 278 g/mol. The van der Waals surface area contributed by atoms with Gasteiger partial charge in [-0.3, -0.25) is 4.57 Å². The second kappa shape index (κ2) is 4.15. The minimum absolute atomic E-state index is 1.84. The largest absolute Gasteiger partial charge is 0.431 e. The molecule has 0 unspecified atom stereocenters. The van der Waals surface area contributed by atoms with E-state index in [0.29, 0.717) is 0 Å². The predicted molar refractivity (Wildman–Crippen MR) is 37.5 cm³/mol. The van der Waals surface area contributed by atoms with Crippen LogP contribution in [0.3, 0.4) is 0 Å². The minimum Gasteiger partial charge on any atom is -0.324 e. The molecular weight excluding hydrogens is 272 g/mol. The van der Waals surface area contributed by atoms with E-state index in [4.69, 9.17) is 9.79 Å². The highest BCUT2D eigenvalue weighted by atomic mass is 31.2. The lowest BCUT2D eigenvalue weighted by molar-refractivity contribution is -0.341. The molecule has 0 amide bonds. The van der Waals surface area contributed by atoms with Gasteiger partial charge in [0.15, 0.2) is 0 Å². The normalized spacial score (nSPS) is 15.3. The molecule has 11 heteroatoms. The van der Waals surface area contributed by atoms with E-state index in [1.165, 1.54) is 0 Å². The van der Waals surface area contributed by atoms with Crippen molar-refractivity contribution < 1.29 is 45.1 Å². The maximum Gasteiger partial charge on any atom is 0.431 e. The molecule has 0 aliphatic carbocycles. The third-order valence-electron chi connectivity index (χ3n) is 1.65. The van der Waals surface area contributed by atoms with E-state index in [1.54, 1.807) is 0 Å². The van der Waals surface area contributed by atoms with Crippen molar-refractivity contribution in [2.75, 3.05) is 6.16 Å². The quantitative estimate of drug-likeness (QED) is 0.615. The van der Waals surface area contributed by atoms with Crippen LogP contribution in [0.1, 0.15) is 6.42 Å². The van der Waals surface area contributed by atoms with Crippen molar-refractivity contribution in [2.24, 2.45) is 0 Å². The van der Waals surface area contributed by atoms with Crippen molar-refractivity contribution in [3.63, 3.8) is 0 Å². The van der Waals surface area contributed by atoms with Crippen molar-refractivity contribution in [3.05, 3.63) is 0 Å². The maximum atomic E-state index is 12.7. The van der Waals surface area contributed by atoms with Crippen LogP contribution in [0.2, 0.25) is 0 Å². The Morgan fingerprint density at radius 1 is 0.875 bits per heavy atom. The van der Waals surface area contributed by atoms with Gasteiger partial charge < -0.3 is 9.79 Å². The van der Waals surface area contributed by atoms with E-state index in [1.807, 2.05) is 0 Å². The summed E-state index contributed by atoms with van der Waals surface area (Å²) in [6.45, 7) is 0. The number of rotatable bonds is 3. The molecule has 98 valence electrons. The Kier molecular flexibility index (Phi) is 4.07. The van der Waals surface area contributed by atoms with Gasteiger partial charge in [0.1, 0.15) is 0 Å². The highest BCUT2D eigenvalue weighted by Crippen LogP contribution is 2.51. The van der Waals surface area contributed by atoms with Crippen molar-refractivity contribution >= 4 is 7.60 Å². The molecule has 2 N–H and O–H groups in total. The Bertz CT molecular complexity index is 275. The third kappa shape index (κ3) is 3.60. The Morgan fingerprint density at radius 2 is 1.19 bits per heavy atom. The molecule has 0 spiro atoms. The molecule has 0 aliphatic heterocycles. The van der Waals surface area contributed by atoms with Crippen LogP contribution >= 0.6 is 7.60 Å². The minimum atomic E-state index is -6.28. The molecule has 0 saturated heterocycles. The smallest absolute Gasteiger partial charge is 0.324 e. The monoisotopic (exact) mass is 278 g/mol. The van der Waals surface area contributed by atoms with Gasteiger partial charge >= 0.3 is 19.9 Å². The molecular formula is C5H6F7O3P. The lowest BCUT2D eigenvalue weighted by Crippen LogP contribution is -2.53. The SMILES string of the molecule is O=P(O)(O)CCC(F)(C(F)(F)F)C(F)(F)F. The number of halogens is 7. The Hall–Kier alpha value is -0.340. The molecule has 0 aromatic rings. The van der Waals surface area contributed by atoms with Gasteiger partial charge in [-0.05, 0) is 0 Å². The second-order valence-corrected chi connectivity index (χ2v) is 4.71. The van der Waals surface area contributed by atoms with Crippen LogP contribution in [0.15, 0.2) is 0 Å². The highest BCUT2D eigenvalue weighted by molar-refractivity contribution is 7.51. The summed E-state index contributed by atoms with van der Waals surface area (Å²) in [5, 5.41) is 0. The van der Waals surface area contributed by atoms with E-state index >= 15 is 0 Å². The van der Waals surface area contributed by atoms with E-state index < -0.39 is 38.2 Å². The zero-order chi connectivity index (χ0) is 13.4. The van der Waals surface area contributed by atoms with Crippen LogP contribution in [0.4, 0.5) is 30.7 Å². The fourth-order valence-electron chi connectivity index (χ4n) is 0.744. The Morgan fingerprint density at radius 3 is 1.38 bits per heavy atom. The molecule has 0 saturated carbocycles. The fourth-order valence-corrected chi connectivity index (χ4v) is 1.34. The molecule has 3 nitrogen and oxygen atoms in total. The van der Waals surface area contributed by atoms with Crippen molar-refractivity contribution in [2.45, 2.75) is 24.4 Å². The summed E-state index contributed by atoms with van der Waals surface area (Å²) in [6, 6.07) is 0. The van der Waals surface area contributed by atoms with Crippen LogP contribution in [0.5, 0.6) is 0 Å². The molecule has 0 rings (SSSR count). The first kappa shape index (κ1) is 15.7. The topological polar surface area (TPSA) is 57.5 Å². The van der Waals surface area contributed by atoms with Gasteiger partial charge in [-0.15, -0.1) is 0 Å².